The molecule has 0 radical (unpaired) electrons. The topological polar surface area (TPSA) is 59.8 Å². The van der Waals surface area contributed by atoms with Crippen molar-refractivity contribution in [2.75, 3.05) is 39.3 Å². The largest absolute Gasteiger partial charge is 0.497 e. The van der Waals surface area contributed by atoms with Crippen molar-refractivity contribution < 1.29 is 9.47 Å². The lowest BCUT2D eigenvalue weighted by Crippen LogP contribution is -2.49. The van der Waals surface area contributed by atoms with Crippen molar-refractivity contribution in [2.24, 2.45) is 5.84 Å². The van der Waals surface area contributed by atoms with Gasteiger partial charge in [0.05, 0.1) is 20.3 Å². The number of hydrazine groups is 1. The van der Waals surface area contributed by atoms with E-state index >= 15 is 0 Å². The van der Waals surface area contributed by atoms with Gasteiger partial charge >= 0.3 is 0 Å². The molecular formula is C14H23N3O2S. The van der Waals surface area contributed by atoms with E-state index in [0.29, 0.717) is 6.04 Å². The minimum atomic E-state index is 0.0119. The number of methoxy groups -OCH3 is 2. The zero-order valence-corrected chi connectivity index (χ0v) is 13.1. The third kappa shape index (κ3) is 3.20. The minimum Gasteiger partial charge on any atom is -0.497 e. The smallest absolute Gasteiger partial charge is 0.124 e. The molecule has 1 heterocycles. The monoisotopic (exact) mass is 297 g/mol. The Labute approximate surface area is 124 Å². The zero-order valence-electron chi connectivity index (χ0n) is 12.3. The van der Waals surface area contributed by atoms with Crippen molar-refractivity contribution >= 4 is 11.8 Å². The molecule has 0 aromatic heterocycles. The number of rotatable bonds is 5. The molecule has 6 heteroatoms. The van der Waals surface area contributed by atoms with Crippen molar-refractivity contribution in [3.05, 3.63) is 23.8 Å². The summed E-state index contributed by atoms with van der Waals surface area (Å²) in [5.41, 5.74) is 3.99. The Kier molecular flexibility index (Phi) is 5.54. The second-order valence-electron chi connectivity index (χ2n) is 4.88. The molecular weight excluding hydrogens is 274 g/mol. The fraction of sp³-hybridized carbons (Fsp3) is 0.571. The predicted octanol–water partition coefficient (Wildman–Crippen LogP) is 1.26. The Balaban J connectivity index is 2.34. The summed E-state index contributed by atoms with van der Waals surface area (Å²) < 4.78 is 10.8. The van der Waals surface area contributed by atoms with Gasteiger partial charge in [0.1, 0.15) is 11.5 Å². The molecule has 1 aliphatic rings. The normalized spacial score (nSPS) is 21.5. The third-order valence-electron chi connectivity index (χ3n) is 3.78. The summed E-state index contributed by atoms with van der Waals surface area (Å²) >= 11 is 1.96. The van der Waals surface area contributed by atoms with Crippen molar-refractivity contribution in [1.29, 1.82) is 0 Å². The van der Waals surface area contributed by atoms with Crippen molar-refractivity contribution in [1.82, 2.24) is 10.3 Å². The van der Waals surface area contributed by atoms with E-state index in [9.17, 15) is 0 Å². The van der Waals surface area contributed by atoms with Crippen LogP contribution in [0.5, 0.6) is 11.5 Å². The van der Waals surface area contributed by atoms with Crippen LogP contribution < -0.4 is 20.7 Å². The van der Waals surface area contributed by atoms with Gasteiger partial charge in [-0.15, -0.1) is 0 Å². The van der Waals surface area contributed by atoms with E-state index in [1.54, 1.807) is 14.2 Å². The van der Waals surface area contributed by atoms with Gasteiger partial charge in [0.2, 0.25) is 0 Å². The number of benzene rings is 1. The second kappa shape index (κ2) is 7.17. The number of nitrogens with zero attached hydrogens (tertiary/aromatic N) is 1. The summed E-state index contributed by atoms with van der Waals surface area (Å²) in [4.78, 5) is 2.35. The number of nitrogens with two attached hydrogens (primary N) is 1. The highest BCUT2D eigenvalue weighted by Gasteiger charge is 2.30. The van der Waals surface area contributed by atoms with Crippen LogP contribution in [0.15, 0.2) is 18.2 Å². The van der Waals surface area contributed by atoms with E-state index in [1.165, 1.54) is 5.75 Å². The Morgan fingerprint density at radius 1 is 1.40 bits per heavy atom. The molecule has 2 rings (SSSR count). The zero-order chi connectivity index (χ0) is 14.5. The van der Waals surface area contributed by atoms with E-state index in [4.69, 9.17) is 15.3 Å². The fourth-order valence-corrected chi connectivity index (χ4v) is 3.82. The molecule has 1 saturated heterocycles. The lowest BCUT2D eigenvalue weighted by atomic mass is 9.98. The number of thioether (sulfide) groups is 1. The molecule has 0 amide bonds. The SMILES string of the molecule is COc1ccc(OC)c(C(NN)C2CSCCN2C)c1. The first-order valence-electron chi connectivity index (χ1n) is 6.67. The molecule has 0 aliphatic carbocycles. The Morgan fingerprint density at radius 2 is 2.20 bits per heavy atom. The van der Waals surface area contributed by atoms with Gasteiger partial charge in [-0.2, -0.15) is 11.8 Å². The first-order valence-corrected chi connectivity index (χ1v) is 7.82. The van der Waals surface area contributed by atoms with Crippen LogP contribution in [0, 0.1) is 0 Å². The first kappa shape index (κ1) is 15.4. The number of ether oxygens (including phenoxy) is 2. The third-order valence-corrected chi connectivity index (χ3v) is 4.83. The molecule has 20 heavy (non-hydrogen) atoms. The Bertz CT molecular complexity index is 444. The Hall–Kier alpha value is -0.950. The molecule has 0 saturated carbocycles. The maximum Gasteiger partial charge on any atom is 0.124 e. The summed E-state index contributed by atoms with van der Waals surface area (Å²) in [6.45, 7) is 1.07. The van der Waals surface area contributed by atoms with Gasteiger partial charge in [-0.05, 0) is 25.2 Å². The Morgan fingerprint density at radius 3 is 2.80 bits per heavy atom. The average molecular weight is 297 g/mol. The van der Waals surface area contributed by atoms with Crippen molar-refractivity contribution in [3.8, 4) is 11.5 Å². The summed E-state index contributed by atoms with van der Waals surface area (Å²) in [6, 6.07) is 6.16. The number of nitrogens with one attached hydrogen (secondary N) is 1. The lowest BCUT2D eigenvalue weighted by molar-refractivity contribution is 0.213. The second-order valence-corrected chi connectivity index (χ2v) is 6.02. The van der Waals surface area contributed by atoms with Crippen LogP contribution in [-0.2, 0) is 0 Å². The van der Waals surface area contributed by atoms with Gasteiger partial charge in [0, 0.05) is 29.7 Å². The summed E-state index contributed by atoms with van der Waals surface area (Å²) in [7, 11) is 5.48. The van der Waals surface area contributed by atoms with Crippen LogP contribution in [0.4, 0.5) is 0 Å². The maximum absolute atomic E-state index is 5.83. The van der Waals surface area contributed by atoms with Crippen LogP contribution in [0.3, 0.4) is 0 Å². The quantitative estimate of drug-likeness (QED) is 0.630. The van der Waals surface area contributed by atoms with E-state index in [-0.39, 0.29) is 6.04 Å². The standard InChI is InChI=1S/C14H23N3O2S/c1-17-6-7-20-9-12(17)14(16-15)11-8-10(18-2)4-5-13(11)19-3/h4-5,8,12,14,16H,6-7,9,15H2,1-3H3. The van der Waals surface area contributed by atoms with Gasteiger partial charge in [-0.1, -0.05) is 0 Å². The summed E-state index contributed by atoms with van der Waals surface area (Å²) in [5.74, 6) is 9.69. The molecule has 5 nitrogen and oxygen atoms in total. The average Bonchev–Trinajstić information content (AvgIpc) is 2.49. The molecule has 1 aromatic rings. The number of likely N-dealkylation sites (N-methyl/N-ethyl adjacent to an activating group) is 1. The van der Waals surface area contributed by atoms with E-state index in [2.05, 4.69) is 17.4 Å². The van der Waals surface area contributed by atoms with Gasteiger partial charge in [-0.25, -0.2) is 0 Å². The van der Waals surface area contributed by atoms with E-state index in [1.807, 2.05) is 30.0 Å². The number of hydrogen-bond donors (Lipinski definition) is 2. The van der Waals surface area contributed by atoms with Gasteiger partial charge in [0.25, 0.3) is 0 Å². The lowest BCUT2D eigenvalue weighted by Gasteiger charge is -2.38. The summed E-state index contributed by atoms with van der Waals surface area (Å²) in [6.07, 6.45) is 0. The highest BCUT2D eigenvalue weighted by molar-refractivity contribution is 7.99. The predicted molar refractivity (Wildman–Crippen MR) is 83.4 cm³/mol. The van der Waals surface area contributed by atoms with E-state index in [0.717, 1.165) is 29.4 Å². The summed E-state index contributed by atoms with van der Waals surface area (Å²) in [5, 5.41) is 0. The molecule has 1 fully saturated rings. The van der Waals surface area contributed by atoms with E-state index < -0.39 is 0 Å². The minimum absolute atomic E-state index is 0.0119. The molecule has 1 aromatic carbocycles. The van der Waals surface area contributed by atoms with Crippen LogP contribution in [-0.4, -0.2) is 50.3 Å². The molecule has 1 aliphatic heterocycles. The highest BCUT2D eigenvalue weighted by atomic mass is 32.2. The van der Waals surface area contributed by atoms with Crippen LogP contribution in [0.1, 0.15) is 11.6 Å². The molecule has 2 unspecified atom stereocenters. The van der Waals surface area contributed by atoms with Crippen molar-refractivity contribution in [2.45, 2.75) is 12.1 Å². The van der Waals surface area contributed by atoms with Crippen LogP contribution in [0.25, 0.3) is 0 Å². The molecule has 112 valence electrons. The van der Waals surface area contributed by atoms with Crippen LogP contribution in [0.2, 0.25) is 0 Å². The maximum atomic E-state index is 5.83. The van der Waals surface area contributed by atoms with Crippen LogP contribution >= 0.6 is 11.8 Å². The van der Waals surface area contributed by atoms with Gasteiger partial charge < -0.3 is 9.47 Å². The molecule has 3 N–H and O–H groups in total. The van der Waals surface area contributed by atoms with Crippen molar-refractivity contribution in [3.63, 3.8) is 0 Å². The molecule has 0 bridgehead atoms. The molecule has 0 spiro atoms. The van der Waals surface area contributed by atoms with Gasteiger partial charge in [-0.3, -0.25) is 16.2 Å². The fourth-order valence-electron chi connectivity index (χ4n) is 2.55. The molecule has 2 atom stereocenters. The first-order chi connectivity index (χ1) is 9.71. The van der Waals surface area contributed by atoms with Gasteiger partial charge in [0.15, 0.2) is 0 Å². The highest BCUT2D eigenvalue weighted by Crippen LogP contribution is 2.34. The number of hydrogen-bond acceptors (Lipinski definition) is 6.